The van der Waals surface area contributed by atoms with Gasteiger partial charge in [-0.3, -0.25) is 4.99 Å². The summed E-state index contributed by atoms with van der Waals surface area (Å²) in [5, 5.41) is 7.84. The summed E-state index contributed by atoms with van der Waals surface area (Å²) in [6, 6.07) is 0.587. The van der Waals surface area contributed by atoms with Gasteiger partial charge < -0.3 is 15.4 Å². The molecule has 2 N–H and O–H groups in total. The van der Waals surface area contributed by atoms with E-state index in [0.717, 1.165) is 50.4 Å². The quantitative estimate of drug-likeness (QED) is 0.268. The van der Waals surface area contributed by atoms with Crippen molar-refractivity contribution in [2.24, 2.45) is 4.99 Å². The first-order valence-electron chi connectivity index (χ1n) is 8.74. The van der Waals surface area contributed by atoms with Crippen molar-refractivity contribution in [3.8, 4) is 0 Å². The standard InChI is InChI=1S/C17H31N3OS.HI/c1-3-18-17(19-10-7-14-8-11-21-12-9-14)20-15-5-6-16(13-15)22-4-2;/h8,15-16H,3-7,9-13H2,1-2H3,(H2,18,19,20);1H. The number of ether oxygens (including phenoxy) is 1. The van der Waals surface area contributed by atoms with Crippen molar-refractivity contribution in [2.75, 3.05) is 32.1 Å². The monoisotopic (exact) mass is 453 g/mol. The minimum Gasteiger partial charge on any atom is -0.377 e. The lowest BCUT2D eigenvalue weighted by molar-refractivity contribution is 0.153. The Morgan fingerprint density at radius 2 is 2.26 bits per heavy atom. The first kappa shape index (κ1) is 21.1. The van der Waals surface area contributed by atoms with E-state index < -0.39 is 0 Å². The Balaban J connectivity index is 0.00000264. The van der Waals surface area contributed by atoms with Crippen LogP contribution in [0.4, 0.5) is 0 Å². The predicted octanol–water partition coefficient (Wildman–Crippen LogP) is 3.57. The summed E-state index contributed by atoms with van der Waals surface area (Å²) < 4.78 is 5.35. The van der Waals surface area contributed by atoms with Crippen molar-refractivity contribution in [2.45, 2.75) is 57.2 Å². The minimum atomic E-state index is 0. The molecule has 2 rings (SSSR count). The zero-order valence-electron chi connectivity index (χ0n) is 14.5. The van der Waals surface area contributed by atoms with Crippen LogP contribution in [0.2, 0.25) is 0 Å². The van der Waals surface area contributed by atoms with Crippen LogP contribution in [0.5, 0.6) is 0 Å². The van der Waals surface area contributed by atoms with Gasteiger partial charge in [-0.2, -0.15) is 11.8 Å². The molecule has 1 aliphatic heterocycles. The number of aliphatic imine (C=N–C) groups is 1. The van der Waals surface area contributed by atoms with Gasteiger partial charge >= 0.3 is 0 Å². The molecule has 0 spiro atoms. The molecule has 6 heteroatoms. The van der Waals surface area contributed by atoms with Gasteiger partial charge in [0.1, 0.15) is 0 Å². The third-order valence-electron chi connectivity index (χ3n) is 4.23. The molecule has 0 saturated heterocycles. The molecule has 0 amide bonds. The molecule has 1 heterocycles. The summed E-state index contributed by atoms with van der Waals surface area (Å²) in [7, 11) is 0. The maximum absolute atomic E-state index is 5.35. The molecule has 0 bridgehead atoms. The van der Waals surface area contributed by atoms with Gasteiger partial charge in [0.2, 0.25) is 0 Å². The largest absolute Gasteiger partial charge is 0.377 e. The van der Waals surface area contributed by atoms with Gasteiger partial charge in [0.05, 0.1) is 13.2 Å². The molecule has 0 radical (unpaired) electrons. The van der Waals surface area contributed by atoms with Gasteiger partial charge in [-0.1, -0.05) is 18.6 Å². The van der Waals surface area contributed by atoms with Gasteiger partial charge in [-0.25, -0.2) is 0 Å². The lowest BCUT2D eigenvalue weighted by Gasteiger charge is -2.18. The summed E-state index contributed by atoms with van der Waals surface area (Å²) in [5.41, 5.74) is 1.49. The zero-order chi connectivity index (χ0) is 15.6. The van der Waals surface area contributed by atoms with E-state index in [-0.39, 0.29) is 24.0 Å². The van der Waals surface area contributed by atoms with E-state index in [2.05, 4.69) is 42.3 Å². The number of guanidine groups is 1. The summed E-state index contributed by atoms with van der Waals surface area (Å²) in [6.45, 7) is 7.80. The van der Waals surface area contributed by atoms with Gasteiger partial charge in [0, 0.05) is 24.4 Å². The van der Waals surface area contributed by atoms with Gasteiger partial charge in [-0.15, -0.1) is 24.0 Å². The topological polar surface area (TPSA) is 45.7 Å². The van der Waals surface area contributed by atoms with Crippen molar-refractivity contribution in [3.63, 3.8) is 0 Å². The molecule has 2 unspecified atom stereocenters. The molecule has 0 aromatic heterocycles. The van der Waals surface area contributed by atoms with E-state index in [0.29, 0.717) is 6.04 Å². The Morgan fingerprint density at radius 1 is 1.39 bits per heavy atom. The average Bonchev–Trinajstić information content (AvgIpc) is 2.96. The molecular weight excluding hydrogens is 421 g/mol. The van der Waals surface area contributed by atoms with Gasteiger partial charge in [-0.05, 0) is 44.8 Å². The van der Waals surface area contributed by atoms with Crippen LogP contribution in [0.25, 0.3) is 0 Å². The molecule has 1 fully saturated rings. The maximum Gasteiger partial charge on any atom is 0.191 e. The minimum absolute atomic E-state index is 0. The fraction of sp³-hybridized carbons (Fsp3) is 0.824. The first-order chi connectivity index (χ1) is 10.8. The second kappa shape index (κ2) is 12.4. The highest BCUT2D eigenvalue weighted by molar-refractivity contribution is 14.0. The fourth-order valence-corrected chi connectivity index (χ4v) is 4.22. The van der Waals surface area contributed by atoms with Gasteiger partial charge in [0.15, 0.2) is 5.96 Å². The third kappa shape index (κ3) is 8.12. The lowest BCUT2D eigenvalue weighted by Crippen LogP contribution is -2.42. The normalized spacial score (nSPS) is 24.8. The zero-order valence-corrected chi connectivity index (χ0v) is 17.6. The molecule has 2 aliphatic rings. The predicted molar refractivity (Wildman–Crippen MR) is 112 cm³/mol. The Morgan fingerprint density at radius 3 is 2.96 bits per heavy atom. The lowest BCUT2D eigenvalue weighted by atomic mass is 10.1. The number of rotatable bonds is 7. The van der Waals surface area contributed by atoms with Crippen molar-refractivity contribution in [1.82, 2.24) is 10.6 Å². The van der Waals surface area contributed by atoms with Crippen molar-refractivity contribution >= 4 is 41.7 Å². The molecule has 134 valence electrons. The van der Waals surface area contributed by atoms with Crippen LogP contribution in [0, 0.1) is 0 Å². The number of thioether (sulfide) groups is 1. The molecule has 1 saturated carbocycles. The highest BCUT2D eigenvalue weighted by atomic mass is 127. The SMILES string of the molecule is CCNC(=NCCC1=CCOCC1)NC1CCC(SCC)C1.I. The second-order valence-corrected chi connectivity index (χ2v) is 7.51. The Hall–Kier alpha value is 0.0500. The van der Waals surface area contributed by atoms with E-state index in [1.54, 1.807) is 0 Å². The molecule has 23 heavy (non-hydrogen) atoms. The number of hydrogen-bond acceptors (Lipinski definition) is 3. The summed E-state index contributed by atoms with van der Waals surface area (Å²) in [5.74, 6) is 2.21. The van der Waals surface area contributed by atoms with Crippen LogP contribution in [0.3, 0.4) is 0 Å². The number of nitrogens with one attached hydrogen (secondary N) is 2. The van der Waals surface area contributed by atoms with Crippen LogP contribution < -0.4 is 10.6 Å². The van der Waals surface area contributed by atoms with E-state index in [1.165, 1.54) is 30.6 Å². The summed E-state index contributed by atoms with van der Waals surface area (Å²) >= 11 is 2.10. The highest BCUT2D eigenvalue weighted by Gasteiger charge is 2.25. The van der Waals surface area contributed by atoms with E-state index >= 15 is 0 Å². The second-order valence-electron chi connectivity index (χ2n) is 5.93. The average molecular weight is 453 g/mol. The molecular formula is C17H32IN3OS. The molecule has 0 aromatic rings. The van der Waals surface area contributed by atoms with Crippen molar-refractivity contribution < 1.29 is 4.74 Å². The van der Waals surface area contributed by atoms with Crippen molar-refractivity contribution in [1.29, 1.82) is 0 Å². The van der Waals surface area contributed by atoms with E-state index in [1.807, 2.05) is 0 Å². The fourth-order valence-electron chi connectivity index (χ4n) is 3.08. The Labute approximate surface area is 162 Å². The van der Waals surface area contributed by atoms with Crippen LogP contribution in [-0.4, -0.2) is 49.3 Å². The summed E-state index contributed by atoms with van der Waals surface area (Å²) in [6.07, 6.45) is 8.21. The maximum atomic E-state index is 5.35. The summed E-state index contributed by atoms with van der Waals surface area (Å²) in [4.78, 5) is 4.75. The van der Waals surface area contributed by atoms with Crippen molar-refractivity contribution in [3.05, 3.63) is 11.6 Å². The van der Waals surface area contributed by atoms with Crippen LogP contribution in [0.1, 0.15) is 46.0 Å². The molecule has 4 nitrogen and oxygen atoms in total. The van der Waals surface area contributed by atoms with Crippen LogP contribution in [-0.2, 0) is 4.74 Å². The third-order valence-corrected chi connectivity index (χ3v) is 5.47. The Kier molecular flexibility index (Phi) is 11.4. The van der Waals surface area contributed by atoms with E-state index in [4.69, 9.17) is 9.73 Å². The molecule has 1 aliphatic carbocycles. The first-order valence-corrected chi connectivity index (χ1v) is 9.78. The molecule has 2 atom stereocenters. The van der Waals surface area contributed by atoms with Gasteiger partial charge in [0.25, 0.3) is 0 Å². The van der Waals surface area contributed by atoms with E-state index in [9.17, 15) is 0 Å². The number of nitrogens with zero attached hydrogens (tertiary/aromatic N) is 1. The Bertz CT molecular complexity index is 390. The number of halogens is 1. The number of hydrogen-bond donors (Lipinski definition) is 2. The highest BCUT2D eigenvalue weighted by Crippen LogP contribution is 2.29. The smallest absolute Gasteiger partial charge is 0.191 e. The van der Waals surface area contributed by atoms with Crippen LogP contribution in [0.15, 0.2) is 16.6 Å². The molecule has 0 aromatic carbocycles. The van der Waals surface area contributed by atoms with Crippen LogP contribution >= 0.6 is 35.7 Å².